The van der Waals surface area contributed by atoms with Crippen LogP contribution in [0, 0.1) is 0 Å². The Morgan fingerprint density at radius 3 is 2.97 bits per heavy atom. The average molecular weight is 414 g/mol. The van der Waals surface area contributed by atoms with Crippen molar-refractivity contribution in [2.24, 2.45) is 0 Å². The lowest BCUT2D eigenvalue weighted by Gasteiger charge is -2.39. The number of aliphatic hydroxyl groups excluding tert-OH is 1. The smallest absolute Gasteiger partial charge is 0.251 e. The van der Waals surface area contributed by atoms with Crippen LogP contribution in [0.15, 0.2) is 24.7 Å². The quantitative estimate of drug-likeness (QED) is 0.522. The van der Waals surface area contributed by atoms with Crippen molar-refractivity contribution in [2.75, 3.05) is 38.0 Å². The molecule has 0 radical (unpaired) electrons. The van der Waals surface area contributed by atoms with Gasteiger partial charge in [0.2, 0.25) is 5.91 Å². The fourth-order valence-corrected chi connectivity index (χ4v) is 3.63. The van der Waals surface area contributed by atoms with Crippen molar-refractivity contribution in [1.29, 1.82) is 0 Å². The molecule has 3 N–H and O–H groups in total. The molecule has 2 aliphatic heterocycles. The van der Waals surface area contributed by atoms with E-state index in [1.807, 2.05) is 4.57 Å². The summed E-state index contributed by atoms with van der Waals surface area (Å²) >= 11 is 0. The maximum Gasteiger partial charge on any atom is 0.251 e. The number of anilines is 1. The van der Waals surface area contributed by atoms with Gasteiger partial charge in [-0.2, -0.15) is 0 Å². The molecule has 11 heteroatoms. The van der Waals surface area contributed by atoms with E-state index >= 15 is 0 Å². The molecule has 1 saturated heterocycles. The molecule has 2 aliphatic rings. The number of carbonyl (C=O) groups excluding carboxylic acids is 2. The highest BCUT2D eigenvalue weighted by Gasteiger charge is 2.28. The van der Waals surface area contributed by atoms with E-state index in [2.05, 4.69) is 30.7 Å². The first-order valence-corrected chi connectivity index (χ1v) is 10.0. The van der Waals surface area contributed by atoms with Crippen LogP contribution < -0.4 is 10.6 Å². The van der Waals surface area contributed by atoms with Gasteiger partial charge in [0.25, 0.3) is 5.91 Å². The summed E-state index contributed by atoms with van der Waals surface area (Å²) in [5.41, 5.74) is 0.466. The largest absolute Gasteiger partial charge is 0.390 e. The van der Waals surface area contributed by atoms with Gasteiger partial charge in [0.05, 0.1) is 18.7 Å². The van der Waals surface area contributed by atoms with E-state index in [0.717, 1.165) is 18.9 Å². The van der Waals surface area contributed by atoms with Gasteiger partial charge in [-0.3, -0.25) is 14.5 Å². The lowest BCUT2D eigenvalue weighted by Crippen LogP contribution is -2.56. The topological polar surface area (TPSA) is 129 Å². The number of aliphatic hydroxyl groups is 1. The number of hydrogen-bond donors (Lipinski definition) is 3. The Hall–Kier alpha value is -3.05. The highest BCUT2D eigenvalue weighted by atomic mass is 16.3. The molecule has 160 valence electrons. The third kappa shape index (κ3) is 4.74. The second-order valence-corrected chi connectivity index (χ2v) is 7.73. The number of carbonyl (C=O) groups is 2. The van der Waals surface area contributed by atoms with Gasteiger partial charge in [-0.25, -0.2) is 4.98 Å². The van der Waals surface area contributed by atoms with E-state index in [1.54, 1.807) is 36.5 Å². The van der Waals surface area contributed by atoms with E-state index < -0.39 is 6.10 Å². The molecule has 2 aromatic rings. The van der Waals surface area contributed by atoms with Gasteiger partial charge in [-0.05, 0) is 12.1 Å². The molecule has 4 rings (SSSR count). The summed E-state index contributed by atoms with van der Waals surface area (Å²) < 4.78 is 2.00. The number of β-amino-alcohol motifs (C(OH)–C–C–N with tert-alkyl or cyclic N) is 1. The number of nitrogens with zero attached hydrogens (tertiary/aromatic N) is 6. The first kappa shape index (κ1) is 20.2. The molecule has 4 heterocycles. The van der Waals surface area contributed by atoms with Gasteiger partial charge >= 0.3 is 0 Å². The zero-order chi connectivity index (χ0) is 21.1. The number of rotatable bonds is 7. The summed E-state index contributed by atoms with van der Waals surface area (Å²) in [5, 5.41) is 24.3. The third-order valence-corrected chi connectivity index (χ3v) is 5.39. The summed E-state index contributed by atoms with van der Waals surface area (Å²) in [6.07, 6.45) is 2.60. The molecule has 1 fully saturated rings. The van der Waals surface area contributed by atoms with Crippen LogP contribution in [0.5, 0.6) is 0 Å². The fraction of sp³-hybridized carbons (Fsp3) is 0.526. The summed E-state index contributed by atoms with van der Waals surface area (Å²) in [6, 6.07) is 3.44. The zero-order valence-corrected chi connectivity index (χ0v) is 16.9. The molecule has 0 saturated carbocycles. The van der Waals surface area contributed by atoms with Gasteiger partial charge in [0.15, 0.2) is 0 Å². The fourth-order valence-electron chi connectivity index (χ4n) is 3.63. The van der Waals surface area contributed by atoms with Gasteiger partial charge < -0.3 is 25.2 Å². The second kappa shape index (κ2) is 8.76. The molecule has 30 heavy (non-hydrogen) atoms. The summed E-state index contributed by atoms with van der Waals surface area (Å²) in [6.45, 7) is 5.64. The van der Waals surface area contributed by atoms with Crippen LogP contribution in [-0.4, -0.2) is 91.3 Å². The summed E-state index contributed by atoms with van der Waals surface area (Å²) in [5.74, 6) is 1.26. The first-order chi connectivity index (χ1) is 14.5. The molecule has 0 aromatic carbocycles. The van der Waals surface area contributed by atoms with Crippen LogP contribution in [0.25, 0.3) is 0 Å². The molecule has 2 amide bonds. The Morgan fingerprint density at radius 1 is 1.33 bits per heavy atom. The predicted octanol–water partition coefficient (Wildman–Crippen LogP) is -1.08. The average Bonchev–Trinajstić information content (AvgIpc) is 3.16. The van der Waals surface area contributed by atoms with Crippen molar-refractivity contribution >= 4 is 17.6 Å². The van der Waals surface area contributed by atoms with E-state index in [-0.39, 0.29) is 24.4 Å². The number of nitrogens with one attached hydrogen (secondary N) is 2. The number of fused-ring (bicyclic) bond motifs is 1. The van der Waals surface area contributed by atoms with Crippen LogP contribution in [0.1, 0.15) is 23.1 Å². The lowest BCUT2D eigenvalue weighted by molar-refractivity contribution is -0.132. The highest BCUT2D eigenvalue weighted by molar-refractivity contribution is 5.94. The molecule has 0 spiro atoms. The number of aromatic nitrogens is 4. The number of likely N-dealkylation sites (tertiary alicyclic amines) is 1. The lowest BCUT2D eigenvalue weighted by atomic mass is 10.1. The minimum absolute atomic E-state index is 0.0548. The van der Waals surface area contributed by atoms with Crippen molar-refractivity contribution < 1.29 is 14.7 Å². The van der Waals surface area contributed by atoms with E-state index in [4.69, 9.17) is 0 Å². The van der Waals surface area contributed by atoms with Crippen LogP contribution >= 0.6 is 0 Å². The maximum absolute atomic E-state index is 12.5. The Labute approximate surface area is 174 Å². The molecule has 0 aliphatic carbocycles. The Balaban J connectivity index is 1.22. The first-order valence-electron chi connectivity index (χ1n) is 10.0. The van der Waals surface area contributed by atoms with Crippen molar-refractivity contribution in [2.45, 2.75) is 32.2 Å². The molecular formula is C19H26N8O3. The molecule has 0 unspecified atom stereocenters. The summed E-state index contributed by atoms with van der Waals surface area (Å²) in [7, 11) is 0. The van der Waals surface area contributed by atoms with Crippen molar-refractivity contribution in [3.63, 3.8) is 0 Å². The Kier molecular flexibility index (Phi) is 5.91. The number of amides is 2. The Bertz CT molecular complexity index is 911. The minimum Gasteiger partial charge on any atom is -0.390 e. The van der Waals surface area contributed by atoms with Crippen LogP contribution in [0.2, 0.25) is 0 Å². The maximum atomic E-state index is 12.5. The second-order valence-electron chi connectivity index (χ2n) is 7.73. The molecule has 0 bridgehead atoms. The minimum atomic E-state index is -0.685. The standard InChI is InChI=1S/C19H26N8O3/c1-13(28)27-8-15(9-27)23-17-6-14(2-3-20-17)19(30)21-7-16(29)10-25-4-5-26-12-22-24-18(26)11-25/h2-3,6,12,15-16,29H,4-5,7-11H2,1H3,(H,20,23)(H,21,30)/t16-/m0/s1. The van der Waals surface area contributed by atoms with Crippen molar-refractivity contribution in [3.8, 4) is 0 Å². The van der Waals surface area contributed by atoms with Crippen LogP contribution in [-0.2, 0) is 17.9 Å². The monoisotopic (exact) mass is 414 g/mol. The van der Waals surface area contributed by atoms with Gasteiger partial charge in [0, 0.05) is 58.0 Å². The van der Waals surface area contributed by atoms with Crippen molar-refractivity contribution in [3.05, 3.63) is 36.0 Å². The van der Waals surface area contributed by atoms with Gasteiger partial charge in [-0.15, -0.1) is 10.2 Å². The van der Waals surface area contributed by atoms with Gasteiger partial charge in [0.1, 0.15) is 18.0 Å². The molecule has 1 atom stereocenters. The van der Waals surface area contributed by atoms with Gasteiger partial charge in [-0.1, -0.05) is 0 Å². The normalized spacial score (nSPS) is 17.7. The zero-order valence-electron chi connectivity index (χ0n) is 16.9. The highest BCUT2D eigenvalue weighted by Crippen LogP contribution is 2.15. The van der Waals surface area contributed by atoms with Crippen molar-refractivity contribution in [1.82, 2.24) is 34.9 Å². The molecule has 11 nitrogen and oxygen atoms in total. The number of hydrogen-bond acceptors (Lipinski definition) is 8. The molecular weight excluding hydrogens is 388 g/mol. The van der Waals surface area contributed by atoms with E-state index in [9.17, 15) is 14.7 Å². The number of pyridine rings is 1. The predicted molar refractivity (Wildman–Crippen MR) is 108 cm³/mol. The van der Waals surface area contributed by atoms with E-state index in [0.29, 0.717) is 37.6 Å². The van der Waals surface area contributed by atoms with Crippen LogP contribution in [0.3, 0.4) is 0 Å². The third-order valence-electron chi connectivity index (χ3n) is 5.39. The van der Waals surface area contributed by atoms with Crippen LogP contribution in [0.4, 0.5) is 5.82 Å². The molecule has 2 aromatic heterocycles. The Morgan fingerprint density at radius 2 is 2.17 bits per heavy atom. The summed E-state index contributed by atoms with van der Waals surface area (Å²) in [4.78, 5) is 31.8. The SMILES string of the molecule is CC(=O)N1CC(Nc2cc(C(=O)NC[C@H](O)CN3CCn4cnnc4C3)ccn2)C1. The van der Waals surface area contributed by atoms with E-state index in [1.165, 1.54) is 0 Å².